The Morgan fingerprint density at radius 2 is 1.39 bits per heavy atom. The van der Waals surface area contributed by atoms with Crippen molar-refractivity contribution in [2.45, 2.75) is 33.6 Å². The Morgan fingerprint density at radius 1 is 0.737 bits per heavy atom. The molecule has 6 N–H and O–H groups in total. The van der Waals surface area contributed by atoms with Crippen molar-refractivity contribution in [2.75, 3.05) is 11.1 Å². The molecule has 0 aliphatic heterocycles. The quantitative estimate of drug-likeness (QED) is 0.0720. The summed E-state index contributed by atoms with van der Waals surface area (Å²) in [5.74, 6) is -3.94. The normalized spacial score (nSPS) is 13.4. The van der Waals surface area contributed by atoms with Crippen LogP contribution in [0.3, 0.4) is 0 Å². The number of rotatable bonds is 12. The number of carbonyl (C=O) groups is 3. The fraction of sp³-hybridized carbons (Fsp3) is 0.105. The predicted molar refractivity (Wildman–Crippen MR) is 205 cm³/mol. The smallest absolute Gasteiger partial charge is 0.303 e. The van der Waals surface area contributed by atoms with E-state index in [0.29, 0.717) is 22.9 Å². The van der Waals surface area contributed by atoms with Crippen molar-refractivity contribution >= 4 is 80.7 Å². The van der Waals surface area contributed by atoms with E-state index in [9.17, 15) is 58.6 Å². The Balaban J connectivity index is 1.50. The number of carboxylic acid groups (broad SMARTS) is 1. The molecule has 16 nitrogen and oxygen atoms in total. The molecule has 7 rings (SSSR count). The van der Waals surface area contributed by atoms with Gasteiger partial charge in [-0.2, -0.15) is 16.8 Å². The van der Waals surface area contributed by atoms with Crippen molar-refractivity contribution in [1.82, 2.24) is 4.98 Å². The van der Waals surface area contributed by atoms with Crippen LogP contribution in [0.5, 0.6) is 0 Å². The number of nitrogens with one attached hydrogen (secondary N) is 2. The maximum absolute atomic E-state index is 14.4. The zero-order valence-corrected chi connectivity index (χ0v) is 31.4. The lowest BCUT2D eigenvalue weighted by Crippen LogP contribution is -2.27. The van der Waals surface area contributed by atoms with Gasteiger partial charge in [-0.15, -0.1) is 0 Å². The summed E-state index contributed by atoms with van der Waals surface area (Å²) in [4.78, 5) is 53.3. The molecule has 0 fully saturated rings. The van der Waals surface area contributed by atoms with E-state index < -0.39 is 120 Å². The number of aromatic amines is 1. The largest absolute Gasteiger partial charge is 0.481 e. The number of anilines is 2. The predicted octanol–water partition coefficient (Wildman–Crippen LogP) is 4.68. The number of hydrogen-bond acceptors (Lipinski definition) is 12. The van der Waals surface area contributed by atoms with Crippen LogP contribution in [-0.4, -0.2) is 72.8 Å². The van der Waals surface area contributed by atoms with Crippen molar-refractivity contribution in [1.29, 1.82) is 0 Å². The molecule has 1 aromatic heterocycles. The van der Waals surface area contributed by atoms with Crippen LogP contribution in [-0.2, 0) is 34.9 Å². The van der Waals surface area contributed by atoms with Crippen LogP contribution < -0.4 is 10.9 Å². The second kappa shape index (κ2) is 14.1. The van der Waals surface area contributed by atoms with Crippen LogP contribution in [0.25, 0.3) is 32.8 Å². The Kier molecular flexibility index (Phi) is 9.71. The molecule has 0 spiro atoms. The molecule has 1 aliphatic rings. The minimum absolute atomic E-state index is 0.0194. The molecule has 57 heavy (non-hydrogen) atoms. The van der Waals surface area contributed by atoms with Gasteiger partial charge in [0.25, 0.3) is 25.8 Å². The number of fused-ring (bicyclic) bond motifs is 3. The van der Waals surface area contributed by atoms with Gasteiger partial charge >= 0.3 is 5.97 Å². The first-order valence-corrected chi connectivity index (χ1v) is 21.2. The van der Waals surface area contributed by atoms with Crippen LogP contribution in [0.2, 0.25) is 0 Å². The second-order valence-electron chi connectivity index (χ2n) is 13.0. The minimum atomic E-state index is -5.31. The van der Waals surface area contributed by atoms with E-state index in [2.05, 4.69) is 10.3 Å². The number of carboxylic acids is 1. The molecule has 0 saturated carbocycles. The van der Waals surface area contributed by atoms with Gasteiger partial charge in [0.1, 0.15) is 15.9 Å². The van der Waals surface area contributed by atoms with Gasteiger partial charge in [-0.05, 0) is 52.6 Å². The summed E-state index contributed by atoms with van der Waals surface area (Å²) in [6.07, 6.45) is -2.79. The number of benzene rings is 5. The molecule has 1 aliphatic carbocycles. The number of aliphatic hydroxyl groups excluding tert-OH is 1. The number of pyridine rings is 1. The summed E-state index contributed by atoms with van der Waals surface area (Å²) in [6.45, 7) is 0. The van der Waals surface area contributed by atoms with Crippen LogP contribution in [0, 0.1) is 0 Å². The van der Waals surface area contributed by atoms with Crippen LogP contribution in [0.1, 0.15) is 50.8 Å². The third kappa shape index (κ3) is 7.00. The van der Waals surface area contributed by atoms with Crippen molar-refractivity contribution in [3.8, 4) is 11.1 Å². The topological polar surface area (TPSA) is 279 Å². The highest BCUT2D eigenvalue weighted by molar-refractivity contribution is 7.91. The third-order valence-corrected chi connectivity index (χ3v) is 13.0. The fourth-order valence-corrected chi connectivity index (χ4v) is 9.74. The lowest BCUT2D eigenvalue weighted by atomic mass is 9.80. The monoisotopic (exact) mass is 832 g/mol. The lowest BCUT2D eigenvalue weighted by Gasteiger charge is -2.26. The average Bonchev–Trinajstić information content (AvgIpc) is 3.15. The highest BCUT2D eigenvalue weighted by Crippen LogP contribution is 2.46. The van der Waals surface area contributed by atoms with E-state index in [0.717, 1.165) is 12.1 Å². The van der Waals surface area contributed by atoms with Gasteiger partial charge in [0.05, 0.1) is 38.7 Å². The van der Waals surface area contributed by atoms with Crippen LogP contribution in [0.15, 0.2) is 110 Å². The van der Waals surface area contributed by atoms with E-state index in [4.69, 9.17) is 5.11 Å². The van der Waals surface area contributed by atoms with E-state index in [1.165, 1.54) is 30.3 Å². The molecule has 1 atom stereocenters. The number of ketones is 2. The molecule has 6 aromatic rings. The highest BCUT2D eigenvalue weighted by atomic mass is 32.2. The Labute approximate surface area is 322 Å². The van der Waals surface area contributed by atoms with Gasteiger partial charge in [-0.3, -0.25) is 28.3 Å². The Bertz CT molecular complexity index is 3150. The highest BCUT2D eigenvalue weighted by Gasteiger charge is 2.37. The van der Waals surface area contributed by atoms with Gasteiger partial charge in [-0.1, -0.05) is 66.7 Å². The number of H-pyrrole nitrogens is 1. The minimum Gasteiger partial charge on any atom is -0.481 e. The van der Waals surface area contributed by atoms with E-state index in [1.54, 1.807) is 36.4 Å². The molecule has 0 amide bonds. The van der Waals surface area contributed by atoms with Crippen molar-refractivity contribution < 1.29 is 59.0 Å². The molecule has 5 aromatic carbocycles. The molecular formula is C38H28N2O14S3. The van der Waals surface area contributed by atoms with Gasteiger partial charge in [0, 0.05) is 22.9 Å². The average molecular weight is 833 g/mol. The standard InChI is InChI=1S/C38H28N2O14S3/c41-29(42)13-6-16-55(47,48)20-14-15-25(27(17-20)56(49,50)51)39-26-18-28(57(52,53)54)34-32-30(22-10-3-4-11-24(22)35(43)31(26)32)33(38(46)40-34)37(45)36(44)23-12-5-8-19-7-1-2-9-21(19)23/h1-5,7-12,14-15,17-18,36,39,44H,6,13,16H2,(H,40,46)(H,41,42)(H,49,50,51)(H,52,53,54). The SMILES string of the molecule is O=C(O)CCCS(=O)(=O)c1ccc(Nc2cc(S(=O)(=O)O)c3[nH]c(=O)c(C(=O)C(O)c4cccc5ccccc45)c4c3c2C(=O)c2ccccc2-4)c(S(=O)(=O)O)c1. The molecule has 292 valence electrons. The van der Waals surface area contributed by atoms with Crippen molar-refractivity contribution in [3.05, 3.63) is 124 Å². The Morgan fingerprint density at radius 3 is 2.07 bits per heavy atom. The van der Waals surface area contributed by atoms with Gasteiger partial charge in [-0.25, -0.2) is 8.42 Å². The first kappa shape index (κ1) is 39.2. The summed E-state index contributed by atoms with van der Waals surface area (Å²) in [7, 11) is -14.9. The first-order valence-electron chi connectivity index (χ1n) is 16.7. The maximum Gasteiger partial charge on any atom is 0.303 e. The summed E-state index contributed by atoms with van der Waals surface area (Å²) in [6, 6.07) is 20.4. The molecule has 0 radical (unpaired) electrons. The number of carbonyl (C=O) groups excluding carboxylic acids is 2. The van der Waals surface area contributed by atoms with Crippen LogP contribution in [0.4, 0.5) is 11.4 Å². The molecular weight excluding hydrogens is 805 g/mol. The van der Waals surface area contributed by atoms with Crippen molar-refractivity contribution in [2.24, 2.45) is 0 Å². The first-order chi connectivity index (χ1) is 26.8. The van der Waals surface area contributed by atoms with Gasteiger partial charge < -0.3 is 20.5 Å². The summed E-state index contributed by atoms with van der Waals surface area (Å²) in [5.41, 5.74) is -4.33. The molecule has 0 bridgehead atoms. The summed E-state index contributed by atoms with van der Waals surface area (Å²) in [5, 5.41) is 23.8. The number of aromatic nitrogens is 1. The van der Waals surface area contributed by atoms with Gasteiger partial charge in [0.2, 0.25) is 5.78 Å². The summed E-state index contributed by atoms with van der Waals surface area (Å²) < 4.78 is 97.8. The van der Waals surface area contributed by atoms with E-state index in [-0.39, 0.29) is 28.7 Å². The zero-order chi connectivity index (χ0) is 41.2. The lowest BCUT2D eigenvalue weighted by molar-refractivity contribution is -0.137. The number of hydrogen-bond donors (Lipinski definition) is 6. The molecule has 1 heterocycles. The molecule has 19 heteroatoms. The number of sulfone groups is 1. The Hall–Kier alpha value is -6.09. The van der Waals surface area contributed by atoms with Crippen LogP contribution >= 0.6 is 0 Å². The number of Topliss-reactive ketones (excluding diaryl/α,β-unsaturated/α-hetero) is 1. The van der Waals surface area contributed by atoms with E-state index >= 15 is 0 Å². The summed E-state index contributed by atoms with van der Waals surface area (Å²) >= 11 is 0. The molecule has 0 saturated heterocycles. The maximum atomic E-state index is 14.4. The fourth-order valence-electron chi connectivity index (χ4n) is 6.98. The second-order valence-corrected chi connectivity index (χ2v) is 17.9. The zero-order valence-electron chi connectivity index (χ0n) is 29.0. The molecule has 1 unspecified atom stereocenters. The van der Waals surface area contributed by atoms with Gasteiger partial charge in [0.15, 0.2) is 15.6 Å². The third-order valence-electron chi connectivity index (χ3n) is 9.48. The van der Waals surface area contributed by atoms with E-state index in [1.807, 2.05) is 0 Å². The number of aliphatic carboxylic acids is 1. The number of aliphatic hydroxyl groups is 1. The van der Waals surface area contributed by atoms with Crippen molar-refractivity contribution in [3.63, 3.8) is 0 Å².